The Kier molecular flexibility index (Phi) is 4.17. The molecule has 6 heteroatoms. The van der Waals surface area contributed by atoms with Crippen LogP contribution in [0.1, 0.15) is 19.3 Å². The second-order valence-electron chi connectivity index (χ2n) is 4.40. The molecule has 94 valence electrons. The van der Waals surface area contributed by atoms with Gasteiger partial charge in [0.25, 0.3) is 5.56 Å². The van der Waals surface area contributed by atoms with Crippen LogP contribution in [0.5, 0.6) is 0 Å². The van der Waals surface area contributed by atoms with Crippen molar-refractivity contribution in [2.24, 2.45) is 0 Å². The summed E-state index contributed by atoms with van der Waals surface area (Å²) in [5.41, 5.74) is -0.140. The number of anilines is 1. The van der Waals surface area contributed by atoms with Crippen molar-refractivity contribution >= 4 is 21.7 Å². The van der Waals surface area contributed by atoms with E-state index in [2.05, 4.69) is 31.2 Å². The summed E-state index contributed by atoms with van der Waals surface area (Å²) in [6.07, 6.45) is 5.15. The predicted octanol–water partition coefficient (Wildman–Crippen LogP) is 1.11. The van der Waals surface area contributed by atoms with Crippen LogP contribution in [0.25, 0.3) is 0 Å². The molecule has 1 atom stereocenters. The molecule has 1 unspecified atom stereocenters. The Balaban J connectivity index is 2.06. The van der Waals surface area contributed by atoms with Crippen LogP contribution in [-0.2, 0) is 0 Å². The summed E-state index contributed by atoms with van der Waals surface area (Å²) in [5.74, 6) is 0.695. The Morgan fingerprint density at radius 2 is 2.41 bits per heavy atom. The fraction of sp³-hybridized carbons (Fsp3) is 0.636. The van der Waals surface area contributed by atoms with Gasteiger partial charge in [-0.25, -0.2) is 4.98 Å². The predicted molar refractivity (Wildman–Crippen MR) is 71.5 cm³/mol. The molecular weight excluding hydrogens is 284 g/mol. The Morgan fingerprint density at radius 1 is 1.59 bits per heavy atom. The van der Waals surface area contributed by atoms with Crippen molar-refractivity contribution < 1.29 is 0 Å². The molecule has 1 fully saturated rings. The molecule has 0 saturated carbocycles. The molecule has 17 heavy (non-hydrogen) atoms. The van der Waals surface area contributed by atoms with Gasteiger partial charge in [0.15, 0.2) is 0 Å². The highest BCUT2D eigenvalue weighted by Gasteiger charge is 2.17. The largest absolute Gasteiger partial charge is 0.357 e. The molecule has 0 radical (unpaired) electrons. The number of aromatic nitrogens is 2. The van der Waals surface area contributed by atoms with Crippen LogP contribution in [-0.4, -0.2) is 36.1 Å². The lowest BCUT2D eigenvalue weighted by Gasteiger charge is -2.28. The van der Waals surface area contributed by atoms with Gasteiger partial charge in [-0.3, -0.25) is 4.79 Å². The highest BCUT2D eigenvalue weighted by molar-refractivity contribution is 9.10. The first kappa shape index (κ1) is 12.6. The average Bonchev–Trinajstić information content (AvgIpc) is 2.34. The highest BCUT2D eigenvalue weighted by Crippen LogP contribution is 2.18. The minimum absolute atomic E-state index is 0.140. The number of H-pyrrole nitrogens is 1. The Hall–Kier alpha value is -0.880. The summed E-state index contributed by atoms with van der Waals surface area (Å²) < 4.78 is 0.498. The molecule has 1 aliphatic heterocycles. The lowest BCUT2D eigenvalue weighted by Crippen LogP contribution is -2.43. The normalized spacial score (nSPS) is 20.2. The molecule has 1 aliphatic rings. The summed E-state index contributed by atoms with van der Waals surface area (Å²) in [4.78, 5) is 20.2. The van der Waals surface area contributed by atoms with Gasteiger partial charge in [-0.2, -0.15) is 0 Å². The molecule has 2 N–H and O–H groups in total. The molecule has 2 heterocycles. The lowest BCUT2D eigenvalue weighted by atomic mass is 10.0. The van der Waals surface area contributed by atoms with Crippen LogP contribution in [0.2, 0.25) is 0 Å². The second-order valence-corrected chi connectivity index (χ2v) is 5.19. The molecule has 0 amide bonds. The van der Waals surface area contributed by atoms with E-state index in [1.807, 2.05) is 11.9 Å². The minimum atomic E-state index is -0.140. The maximum Gasteiger partial charge on any atom is 0.267 e. The van der Waals surface area contributed by atoms with Crippen molar-refractivity contribution in [1.82, 2.24) is 15.3 Å². The standard InChI is InChI=1S/C11H17BrN4O/c1-16(6-8-4-2-3-5-13-8)10-9(12)11(17)15-7-14-10/h7-8,13H,2-6H2,1H3,(H,14,15,17). The minimum Gasteiger partial charge on any atom is -0.357 e. The van der Waals surface area contributed by atoms with Gasteiger partial charge in [-0.05, 0) is 35.3 Å². The van der Waals surface area contributed by atoms with E-state index < -0.39 is 0 Å². The zero-order valence-electron chi connectivity index (χ0n) is 9.87. The SMILES string of the molecule is CN(CC1CCCCN1)c1nc[nH]c(=O)c1Br. The van der Waals surface area contributed by atoms with Crippen LogP contribution in [0.15, 0.2) is 15.6 Å². The van der Waals surface area contributed by atoms with E-state index in [1.54, 1.807) is 0 Å². The number of piperidine rings is 1. The van der Waals surface area contributed by atoms with E-state index in [9.17, 15) is 4.79 Å². The number of aromatic amines is 1. The average molecular weight is 301 g/mol. The van der Waals surface area contributed by atoms with Gasteiger partial charge in [0, 0.05) is 19.6 Å². The van der Waals surface area contributed by atoms with Crippen molar-refractivity contribution in [1.29, 1.82) is 0 Å². The number of nitrogens with one attached hydrogen (secondary N) is 2. The third-order valence-electron chi connectivity index (χ3n) is 3.05. The second kappa shape index (κ2) is 5.64. The zero-order valence-corrected chi connectivity index (χ0v) is 11.5. The smallest absolute Gasteiger partial charge is 0.267 e. The van der Waals surface area contributed by atoms with Crippen molar-refractivity contribution in [2.75, 3.05) is 25.0 Å². The Bertz CT molecular complexity index is 428. The first-order valence-corrected chi connectivity index (χ1v) is 6.65. The van der Waals surface area contributed by atoms with Gasteiger partial charge >= 0.3 is 0 Å². The summed E-state index contributed by atoms with van der Waals surface area (Å²) in [6.45, 7) is 1.96. The monoisotopic (exact) mass is 300 g/mol. The van der Waals surface area contributed by atoms with Crippen LogP contribution >= 0.6 is 15.9 Å². The van der Waals surface area contributed by atoms with Crippen molar-refractivity contribution in [3.63, 3.8) is 0 Å². The fourth-order valence-corrected chi connectivity index (χ4v) is 2.66. The van der Waals surface area contributed by atoms with E-state index in [0.717, 1.165) is 13.1 Å². The lowest BCUT2D eigenvalue weighted by molar-refractivity contribution is 0.402. The van der Waals surface area contributed by atoms with Crippen molar-refractivity contribution in [2.45, 2.75) is 25.3 Å². The third kappa shape index (κ3) is 3.07. The van der Waals surface area contributed by atoms with E-state index >= 15 is 0 Å². The molecule has 0 bridgehead atoms. The number of rotatable bonds is 3. The molecule has 0 spiro atoms. The molecular formula is C11H17BrN4O. The Morgan fingerprint density at radius 3 is 3.12 bits per heavy atom. The number of likely N-dealkylation sites (N-methyl/N-ethyl adjacent to an activating group) is 1. The molecule has 1 saturated heterocycles. The van der Waals surface area contributed by atoms with E-state index in [1.165, 1.54) is 25.6 Å². The molecule has 0 aromatic carbocycles. The number of hydrogen-bond donors (Lipinski definition) is 2. The Labute approximate surface area is 109 Å². The number of halogens is 1. The topological polar surface area (TPSA) is 61.0 Å². The highest BCUT2D eigenvalue weighted by atomic mass is 79.9. The van der Waals surface area contributed by atoms with E-state index in [-0.39, 0.29) is 5.56 Å². The van der Waals surface area contributed by atoms with Gasteiger partial charge in [-0.15, -0.1) is 0 Å². The molecule has 1 aromatic heterocycles. The summed E-state index contributed by atoms with van der Waals surface area (Å²) in [7, 11) is 1.96. The maximum absolute atomic E-state index is 11.5. The van der Waals surface area contributed by atoms with E-state index in [0.29, 0.717) is 16.3 Å². The fourth-order valence-electron chi connectivity index (χ4n) is 2.14. The molecule has 2 rings (SSSR count). The van der Waals surface area contributed by atoms with Crippen LogP contribution in [0.3, 0.4) is 0 Å². The number of hydrogen-bond acceptors (Lipinski definition) is 4. The summed E-state index contributed by atoms with van der Waals surface area (Å²) in [5, 5.41) is 3.48. The quantitative estimate of drug-likeness (QED) is 0.878. The van der Waals surface area contributed by atoms with Gasteiger partial charge < -0.3 is 15.2 Å². The van der Waals surface area contributed by atoms with Gasteiger partial charge in [0.1, 0.15) is 10.3 Å². The summed E-state index contributed by atoms with van der Waals surface area (Å²) in [6, 6.07) is 0.488. The maximum atomic E-state index is 11.5. The first-order chi connectivity index (χ1) is 8.18. The van der Waals surface area contributed by atoms with Crippen LogP contribution in [0, 0.1) is 0 Å². The summed E-state index contributed by atoms with van der Waals surface area (Å²) >= 11 is 3.28. The number of nitrogens with zero attached hydrogens (tertiary/aromatic N) is 2. The van der Waals surface area contributed by atoms with Gasteiger partial charge in [0.2, 0.25) is 0 Å². The zero-order chi connectivity index (χ0) is 12.3. The first-order valence-electron chi connectivity index (χ1n) is 5.86. The third-order valence-corrected chi connectivity index (χ3v) is 3.76. The van der Waals surface area contributed by atoms with Crippen LogP contribution < -0.4 is 15.8 Å². The van der Waals surface area contributed by atoms with Crippen LogP contribution in [0.4, 0.5) is 5.82 Å². The van der Waals surface area contributed by atoms with Gasteiger partial charge in [-0.1, -0.05) is 6.42 Å². The molecule has 0 aliphatic carbocycles. The molecule has 1 aromatic rings. The molecule has 5 nitrogen and oxygen atoms in total. The van der Waals surface area contributed by atoms with Crippen molar-refractivity contribution in [3.8, 4) is 0 Å². The van der Waals surface area contributed by atoms with Crippen molar-refractivity contribution in [3.05, 3.63) is 21.2 Å². The van der Waals surface area contributed by atoms with E-state index in [4.69, 9.17) is 0 Å². The van der Waals surface area contributed by atoms with Gasteiger partial charge in [0.05, 0.1) is 6.33 Å².